The van der Waals surface area contributed by atoms with Crippen molar-refractivity contribution in [3.05, 3.63) is 12.2 Å². The minimum Gasteiger partial charge on any atom is -0.466 e. The van der Waals surface area contributed by atoms with Crippen LogP contribution in [0.4, 0.5) is 0 Å². The maximum absolute atomic E-state index is 11.9. The summed E-state index contributed by atoms with van der Waals surface area (Å²) < 4.78 is 16.1. The molecule has 0 saturated carbocycles. The summed E-state index contributed by atoms with van der Waals surface area (Å²) in [6, 6.07) is 0. The highest BCUT2D eigenvalue weighted by atomic mass is 16.7. The van der Waals surface area contributed by atoms with E-state index >= 15 is 0 Å². The van der Waals surface area contributed by atoms with Crippen molar-refractivity contribution >= 4 is 11.8 Å². The van der Waals surface area contributed by atoms with Gasteiger partial charge in [-0.2, -0.15) is 0 Å². The van der Waals surface area contributed by atoms with Gasteiger partial charge in [-0.1, -0.05) is 12.2 Å². The topological polar surface area (TPSA) is 61.8 Å². The van der Waals surface area contributed by atoms with Gasteiger partial charge in [0.1, 0.15) is 12.2 Å². The first kappa shape index (κ1) is 16.9. The molecular weight excluding hydrogens is 260 g/mol. The molecule has 2 atom stereocenters. The summed E-state index contributed by atoms with van der Waals surface area (Å²) in [6.45, 7) is 11.9. The van der Waals surface area contributed by atoms with E-state index in [1.54, 1.807) is 6.92 Å². The van der Waals surface area contributed by atoms with Crippen molar-refractivity contribution < 1.29 is 23.8 Å². The molecule has 1 fully saturated rings. The third-order valence-corrected chi connectivity index (χ3v) is 3.21. The molecule has 1 heterocycles. The molecule has 1 rings (SSSR count). The van der Waals surface area contributed by atoms with E-state index in [4.69, 9.17) is 14.2 Å². The third-order valence-electron chi connectivity index (χ3n) is 3.21. The lowest BCUT2D eigenvalue weighted by Crippen LogP contribution is -2.29. The van der Waals surface area contributed by atoms with Crippen LogP contribution in [-0.2, 0) is 23.8 Å². The first-order valence-electron chi connectivity index (χ1n) is 6.89. The predicted molar refractivity (Wildman–Crippen MR) is 74.1 cm³/mol. The zero-order valence-electron chi connectivity index (χ0n) is 12.7. The van der Waals surface area contributed by atoms with Gasteiger partial charge in [-0.15, -0.1) is 0 Å². The number of carbonyl (C=O) groups is 2. The molecule has 0 aromatic heterocycles. The zero-order chi connectivity index (χ0) is 15.3. The highest BCUT2D eigenvalue weighted by Gasteiger charge is 2.38. The molecule has 0 unspecified atom stereocenters. The predicted octanol–water partition coefficient (Wildman–Crippen LogP) is 2.24. The molecule has 5 heteroatoms. The Balaban J connectivity index is 2.58. The van der Waals surface area contributed by atoms with Gasteiger partial charge in [0.15, 0.2) is 5.79 Å². The van der Waals surface area contributed by atoms with Gasteiger partial charge in [-0.05, 0) is 27.7 Å². The van der Waals surface area contributed by atoms with E-state index in [1.807, 2.05) is 20.8 Å². The van der Waals surface area contributed by atoms with Crippen molar-refractivity contribution in [3.63, 3.8) is 0 Å². The molecular formula is C15H24O5. The number of esters is 1. The SMILES string of the molecule is C=C(C)[C@@H](CC(=O)CC(=O)OCC)[C@H]1COC(C)(C)O1. The number of hydrogen-bond donors (Lipinski definition) is 0. The number of Topliss-reactive ketones (excluding diaryl/α,β-unsaturated/α-hetero) is 1. The van der Waals surface area contributed by atoms with Gasteiger partial charge in [-0.25, -0.2) is 0 Å². The van der Waals surface area contributed by atoms with E-state index in [0.29, 0.717) is 6.61 Å². The first-order valence-corrected chi connectivity index (χ1v) is 6.89. The van der Waals surface area contributed by atoms with Crippen LogP contribution in [0.15, 0.2) is 12.2 Å². The van der Waals surface area contributed by atoms with Crippen molar-refractivity contribution in [2.75, 3.05) is 13.2 Å². The van der Waals surface area contributed by atoms with Crippen LogP contribution in [0.25, 0.3) is 0 Å². The van der Waals surface area contributed by atoms with Gasteiger partial charge in [0.2, 0.25) is 0 Å². The Morgan fingerprint density at radius 2 is 2.10 bits per heavy atom. The molecule has 0 amide bonds. The maximum atomic E-state index is 11.9. The summed E-state index contributed by atoms with van der Waals surface area (Å²) in [5, 5.41) is 0. The number of hydrogen-bond acceptors (Lipinski definition) is 5. The maximum Gasteiger partial charge on any atom is 0.313 e. The average molecular weight is 284 g/mol. The minimum absolute atomic E-state index is 0.140. The number of ether oxygens (including phenoxy) is 3. The standard InChI is InChI=1S/C15H24O5/c1-6-18-14(17)8-11(16)7-12(10(2)3)13-9-19-15(4,5)20-13/h12-13H,2,6-9H2,1,3-5H3/t12-,13-/m1/s1. The second-order valence-electron chi connectivity index (χ2n) is 5.54. The molecule has 0 bridgehead atoms. The lowest BCUT2D eigenvalue weighted by atomic mass is 9.89. The smallest absolute Gasteiger partial charge is 0.313 e. The van der Waals surface area contributed by atoms with Crippen molar-refractivity contribution in [3.8, 4) is 0 Å². The summed E-state index contributed by atoms with van der Waals surface area (Å²) in [4.78, 5) is 23.2. The molecule has 0 aliphatic carbocycles. The van der Waals surface area contributed by atoms with Crippen LogP contribution < -0.4 is 0 Å². The lowest BCUT2D eigenvalue weighted by Gasteiger charge is -2.24. The fraction of sp³-hybridized carbons (Fsp3) is 0.733. The van der Waals surface area contributed by atoms with E-state index in [0.717, 1.165) is 5.57 Å². The first-order chi connectivity index (χ1) is 9.25. The number of ketones is 1. The Kier molecular flexibility index (Phi) is 5.89. The fourth-order valence-electron chi connectivity index (χ4n) is 2.23. The second kappa shape index (κ2) is 6.99. The molecule has 5 nitrogen and oxygen atoms in total. The van der Waals surface area contributed by atoms with Gasteiger partial charge in [-0.3, -0.25) is 9.59 Å². The van der Waals surface area contributed by atoms with Gasteiger partial charge < -0.3 is 14.2 Å². The van der Waals surface area contributed by atoms with E-state index in [-0.39, 0.29) is 37.3 Å². The largest absolute Gasteiger partial charge is 0.466 e. The van der Waals surface area contributed by atoms with Crippen LogP contribution in [0.5, 0.6) is 0 Å². The van der Waals surface area contributed by atoms with Crippen LogP contribution in [0.2, 0.25) is 0 Å². The van der Waals surface area contributed by atoms with Gasteiger partial charge in [0.05, 0.1) is 19.3 Å². The number of rotatable bonds is 7. The summed E-state index contributed by atoms with van der Waals surface area (Å²) in [6.07, 6.45) is -0.180. The highest BCUT2D eigenvalue weighted by Crippen LogP contribution is 2.31. The molecule has 0 spiro atoms. The Morgan fingerprint density at radius 1 is 1.45 bits per heavy atom. The van der Waals surface area contributed by atoms with E-state index in [1.165, 1.54) is 0 Å². The van der Waals surface area contributed by atoms with Gasteiger partial charge in [0, 0.05) is 12.3 Å². The van der Waals surface area contributed by atoms with Crippen LogP contribution in [0.3, 0.4) is 0 Å². The summed E-state index contributed by atoms with van der Waals surface area (Å²) in [5.74, 6) is -1.42. The Hall–Kier alpha value is -1.20. The average Bonchev–Trinajstić information content (AvgIpc) is 2.66. The summed E-state index contributed by atoms with van der Waals surface area (Å²) in [5.41, 5.74) is 0.855. The third kappa shape index (κ3) is 5.06. The van der Waals surface area contributed by atoms with E-state index in [2.05, 4.69) is 6.58 Å². The van der Waals surface area contributed by atoms with Crippen LogP contribution in [0, 0.1) is 5.92 Å². The van der Waals surface area contributed by atoms with Crippen LogP contribution in [-0.4, -0.2) is 36.9 Å². The Labute approximate surface area is 120 Å². The normalized spacial score (nSPS) is 22.3. The summed E-state index contributed by atoms with van der Waals surface area (Å²) >= 11 is 0. The zero-order valence-corrected chi connectivity index (χ0v) is 12.7. The molecule has 114 valence electrons. The quantitative estimate of drug-likeness (QED) is 0.407. The Morgan fingerprint density at radius 3 is 2.55 bits per heavy atom. The monoisotopic (exact) mass is 284 g/mol. The van der Waals surface area contributed by atoms with Crippen LogP contribution in [0.1, 0.15) is 40.5 Å². The van der Waals surface area contributed by atoms with Crippen molar-refractivity contribution in [2.45, 2.75) is 52.4 Å². The fourth-order valence-corrected chi connectivity index (χ4v) is 2.23. The molecule has 1 aliphatic rings. The van der Waals surface area contributed by atoms with Gasteiger partial charge >= 0.3 is 5.97 Å². The highest BCUT2D eigenvalue weighted by molar-refractivity contribution is 5.95. The van der Waals surface area contributed by atoms with E-state index < -0.39 is 11.8 Å². The molecule has 0 N–H and O–H groups in total. The molecule has 1 aliphatic heterocycles. The van der Waals surface area contributed by atoms with Crippen molar-refractivity contribution in [1.29, 1.82) is 0 Å². The minimum atomic E-state index is -0.636. The molecule has 0 radical (unpaired) electrons. The molecule has 20 heavy (non-hydrogen) atoms. The Bertz CT molecular complexity index is 386. The van der Waals surface area contributed by atoms with Crippen LogP contribution >= 0.6 is 0 Å². The number of carbonyl (C=O) groups excluding carboxylic acids is 2. The molecule has 0 aromatic carbocycles. The van der Waals surface area contributed by atoms with Gasteiger partial charge in [0.25, 0.3) is 0 Å². The van der Waals surface area contributed by atoms with E-state index in [9.17, 15) is 9.59 Å². The van der Waals surface area contributed by atoms with Crippen molar-refractivity contribution in [2.24, 2.45) is 5.92 Å². The molecule has 1 saturated heterocycles. The summed E-state index contributed by atoms with van der Waals surface area (Å²) in [7, 11) is 0. The second-order valence-corrected chi connectivity index (χ2v) is 5.54. The lowest BCUT2D eigenvalue weighted by molar-refractivity contribution is -0.148. The van der Waals surface area contributed by atoms with Crippen molar-refractivity contribution in [1.82, 2.24) is 0 Å². The molecule has 0 aromatic rings.